The first-order valence-corrected chi connectivity index (χ1v) is 8.51. The molecule has 4 nitrogen and oxygen atoms in total. The van der Waals surface area contributed by atoms with Gasteiger partial charge in [0.05, 0.1) is 11.0 Å². The smallest absolute Gasteiger partial charge is 0.254 e. The maximum absolute atomic E-state index is 12.4. The van der Waals surface area contributed by atoms with Crippen LogP contribution in [0.25, 0.3) is 0 Å². The number of hydrogen-bond acceptors (Lipinski definition) is 4. The van der Waals surface area contributed by atoms with E-state index in [1.807, 2.05) is 0 Å². The third kappa shape index (κ3) is 2.41. The number of thiophene rings is 1. The number of sulfonamides is 1. The Bertz CT molecular complexity index is 540. The average molecular weight is 355 g/mol. The van der Waals surface area contributed by atoms with Crippen molar-refractivity contribution >= 4 is 54.5 Å². The van der Waals surface area contributed by atoms with Crippen LogP contribution in [0.15, 0.2) is 20.1 Å². The maximum atomic E-state index is 12.4. The normalized spacial score (nSPS) is 21.8. The fraction of sp³-hybridized carbons (Fsp3) is 0.444. The fourth-order valence-corrected chi connectivity index (χ4v) is 6.30. The van der Waals surface area contributed by atoms with Gasteiger partial charge < -0.3 is 5.73 Å². The van der Waals surface area contributed by atoms with Crippen molar-refractivity contribution in [3.63, 3.8) is 0 Å². The van der Waals surface area contributed by atoms with Crippen molar-refractivity contribution in [3.05, 3.63) is 15.9 Å². The number of halogens is 1. The summed E-state index contributed by atoms with van der Waals surface area (Å²) in [7, 11) is -3.48. The van der Waals surface area contributed by atoms with Crippen LogP contribution in [0.4, 0.5) is 0 Å². The lowest BCUT2D eigenvalue weighted by Gasteiger charge is -2.22. The standard InChI is InChI=1S/C9H11BrN2O2S3/c10-6-3-5-16-9(6)17(13,14)12-4-1-2-7(12)8(11)15/h3,5,7H,1-2,4H2,(H2,11,15). The number of nitrogens with two attached hydrogens (primary N) is 1. The van der Waals surface area contributed by atoms with Crippen LogP contribution in [0.1, 0.15) is 12.8 Å². The van der Waals surface area contributed by atoms with Crippen molar-refractivity contribution in [2.75, 3.05) is 6.54 Å². The van der Waals surface area contributed by atoms with Gasteiger partial charge in [-0.3, -0.25) is 0 Å². The van der Waals surface area contributed by atoms with Gasteiger partial charge in [0, 0.05) is 11.0 Å². The van der Waals surface area contributed by atoms with E-state index >= 15 is 0 Å². The van der Waals surface area contributed by atoms with Crippen LogP contribution in [-0.4, -0.2) is 30.3 Å². The highest BCUT2D eigenvalue weighted by molar-refractivity contribution is 9.10. The molecule has 0 aromatic carbocycles. The monoisotopic (exact) mass is 354 g/mol. The summed E-state index contributed by atoms with van der Waals surface area (Å²) >= 11 is 9.37. The molecule has 1 saturated heterocycles. The van der Waals surface area contributed by atoms with E-state index in [2.05, 4.69) is 15.9 Å². The topological polar surface area (TPSA) is 63.4 Å². The molecule has 2 rings (SSSR count). The summed E-state index contributed by atoms with van der Waals surface area (Å²) in [5, 5.41) is 1.74. The number of hydrogen-bond donors (Lipinski definition) is 1. The highest BCUT2D eigenvalue weighted by Gasteiger charge is 2.38. The quantitative estimate of drug-likeness (QED) is 0.842. The Morgan fingerprint density at radius 3 is 2.88 bits per heavy atom. The summed E-state index contributed by atoms with van der Waals surface area (Å²) in [5.74, 6) is 0. The van der Waals surface area contributed by atoms with Gasteiger partial charge in [-0.1, -0.05) is 12.2 Å². The molecule has 8 heteroatoms. The van der Waals surface area contributed by atoms with Crippen molar-refractivity contribution < 1.29 is 8.42 Å². The molecule has 1 unspecified atom stereocenters. The zero-order valence-corrected chi connectivity index (χ0v) is 12.8. The van der Waals surface area contributed by atoms with Crippen LogP contribution in [-0.2, 0) is 10.0 Å². The molecule has 1 aromatic rings. The van der Waals surface area contributed by atoms with E-state index in [1.165, 1.54) is 15.6 Å². The Hall–Kier alpha value is -0.0200. The molecule has 0 spiro atoms. The highest BCUT2D eigenvalue weighted by atomic mass is 79.9. The molecule has 0 saturated carbocycles. The summed E-state index contributed by atoms with van der Waals surface area (Å²) < 4.78 is 27.2. The molecule has 0 bridgehead atoms. The summed E-state index contributed by atoms with van der Waals surface area (Å²) in [4.78, 5) is 0.249. The van der Waals surface area contributed by atoms with Crippen LogP contribution in [0, 0.1) is 0 Å². The third-order valence-electron chi connectivity index (χ3n) is 2.66. The van der Waals surface area contributed by atoms with Gasteiger partial charge in [0.1, 0.15) is 4.21 Å². The Labute approximate surface area is 118 Å². The maximum Gasteiger partial charge on any atom is 0.254 e. The molecule has 0 radical (unpaired) electrons. The minimum Gasteiger partial charge on any atom is -0.392 e. The number of thiocarbonyl (C=S) groups is 1. The lowest BCUT2D eigenvalue weighted by Crippen LogP contribution is -2.42. The zero-order chi connectivity index (χ0) is 12.6. The molecule has 2 heterocycles. The number of nitrogens with zero attached hydrogens (tertiary/aromatic N) is 1. The summed E-state index contributed by atoms with van der Waals surface area (Å²) in [6, 6.07) is 1.38. The van der Waals surface area contributed by atoms with Gasteiger partial charge in [0.25, 0.3) is 10.0 Å². The Morgan fingerprint density at radius 1 is 1.65 bits per heavy atom. The largest absolute Gasteiger partial charge is 0.392 e. The predicted octanol–water partition coefficient (Wildman–Crippen LogP) is 1.95. The second-order valence-electron chi connectivity index (χ2n) is 3.73. The predicted molar refractivity (Wildman–Crippen MR) is 75.7 cm³/mol. The van der Waals surface area contributed by atoms with Crippen molar-refractivity contribution in [2.45, 2.75) is 23.1 Å². The van der Waals surface area contributed by atoms with Gasteiger partial charge in [-0.15, -0.1) is 11.3 Å². The van der Waals surface area contributed by atoms with E-state index < -0.39 is 10.0 Å². The summed E-state index contributed by atoms with van der Waals surface area (Å²) in [6.45, 7) is 0.481. The second kappa shape index (κ2) is 4.93. The fourth-order valence-electron chi connectivity index (χ4n) is 1.88. The van der Waals surface area contributed by atoms with Gasteiger partial charge in [0.2, 0.25) is 0 Å². The molecular weight excluding hydrogens is 344 g/mol. The van der Waals surface area contributed by atoms with E-state index in [1.54, 1.807) is 11.4 Å². The molecule has 1 aliphatic heterocycles. The molecule has 0 aliphatic carbocycles. The minimum absolute atomic E-state index is 0.249. The summed E-state index contributed by atoms with van der Waals surface area (Å²) in [6.07, 6.45) is 1.50. The minimum atomic E-state index is -3.48. The van der Waals surface area contributed by atoms with Crippen LogP contribution < -0.4 is 5.73 Å². The van der Waals surface area contributed by atoms with Crippen molar-refractivity contribution in [3.8, 4) is 0 Å². The van der Waals surface area contributed by atoms with E-state index in [0.29, 0.717) is 21.6 Å². The van der Waals surface area contributed by atoms with E-state index in [0.717, 1.165) is 6.42 Å². The Balaban J connectivity index is 2.40. The average Bonchev–Trinajstić information content (AvgIpc) is 2.84. The molecule has 1 aromatic heterocycles. The second-order valence-corrected chi connectivity index (χ2v) is 8.06. The van der Waals surface area contributed by atoms with E-state index in [-0.39, 0.29) is 11.0 Å². The van der Waals surface area contributed by atoms with Gasteiger partial charge in [0.15, 0.2) is 0 Å². The van der Waals surface area contributed by atoms with Crippen molar-refractivity contribution in [2.24, 2.45) is 5.73 Å². The first kappa shape index (κ1) is 13.4. The van der Waals surface area contributed by atoms with Crippen molar-refractivity contribution in [1.82, 2.24) is 4.31 Å². The molecule has 1 aliphatic rings. The highest BCUT2D eigenvalue weighted by Crippen LogP contribution is 2.33. The van der Waals surface area contributed by atoms with Gasteiger partial charge in [-0.25, -0.2) is 8.42 Å². The third-order valence-corrected chi connectivity index (χ3v) is 7.49. The SMILES string of the molecule is NC(=S)C1CCCN1S(=O)(=O)c1sccc1Br. The van der Waals surface area contributed by atoms with Crippen molar-refractivity contribution in [1.29, 1.82) is 0 Å². The van der Waals surface area contributed by atoms with Crippen LogP contribution >= 0.6 is 39.5 Å². The first-order valence-electron chi connectivity index (χ1n) is 4.98. The van der Waals surface area contributed by atoms with Gasteiger partial charge in [-0.05, 0) is 40.2 Å². The molecule has 0 amide bonds. The lowest BCUT2D eigenvalue weighted by molar-refractivity contribution is 0.447. The van der Waals surface area contributed by atoms with Crippen LogP contribution in [0.5, 0.6) is 0 Å². The first-order chi connectivity index (χ1) is 7.94. The molecule has 17 heavy (non-hydrogen) atoms. The molecule has 94 valence electrons. The molecule has 1 atom stereocenters. The van der Waals surface area contributed by atoms with Crippen LogP contribution in [0.3, 0.4) is 0 Å². The van der Waals surface area contributed by atoms with E-state index in [9.17, 15) is 8.42 Å². The Morgan fingerprint density at radius 2 is 2.35 bits per heavy atom. The summed E-state index contributed by atoms with van der Waals surface area (Å²) in [5.41, 5.74) is 5.59. The van der Waals surface area contributed by atoms with Gasteiger partial charge in [-0.2, -0.15) is 4.31 Å². The molecule has 1 fully saturated rings. The zero-order valence-electron chi connectivity index (χ0n) is 8.80. The van der Waals surface area contributed by atoms with Crippen LogP contribution in [0.2, 0.25) is 0 Å². The molecular formula is C9H11BrN2O2S3. The number of rotatable bonds is 3. The lowest BCUT2D eigenvalue weighted by atomic mass is 10.2. The van der Waals surface area contributed by atoms with E-state index in [4.69, 9.17) is 18.0 Å². The Kier molecular flexibility index (Phi) is 3.89. The van der Waals surface area contributed by atoms with Gasteiger partial charge >= 0.3 is 0 Å². The molecule has 2 N–H and O–H groups in total.